The summed E-state index contributed by atoms with van der Waals surface area (Å²) in [5.74, 6) is 1.82. The van der Waals surface area contributed by atoms with Crippen molar-refractivity contribution in [1.29, 1.82) is 0 Å². The zero-order valence-corrected chi connectivity index (χ0v) is 18.3. The maximum Gasteiger partial charge on any atom is 0.274 e. The number of aromatic nitrogens is 2. The van der Waals surface area contributed by atoms with Crippen molar-refractivity contribution in [2.45, 2.75) is 13.0 Å². The van der Waals surface area contributed by atoms with Crippen LogP contribution in [0.25, 0.3) is 10.6 Å². The van der Waals surface area contributed by atoms with Gasteiger partial charge in [0.25, 0.3) is 5.91 Å². The molecule has 2 aliphatic rings. The number of H-pyrrole nitrogens is 1. The van der Waals surface area contributed by atoms with E-state index >= 15 is 0 Å². The third kappa shape index (κ3) is 3.32. The highest BCUT2D eigenvalue weighted by molar-refractivity contribution is 7.15. The quantitative estimate of drug-likeness (QED) is 0.694. The summed E-state index contributed by atoms with van der Waals surface area (Å²) in [5.41, 5.74) is 2.70. The Morgan fingerprint density at radius 3 is 2.67 bits per heavy atom. The molecular weight excluding hydrogens is 396 g/mol. The fraction of sp³-hybridized carbons (Fsp3) is 0.391. The molecule has 156 valence electrons. The molecule has 0 spiro atoms. The number of nitrogens with one attached hydrogen (secondary N) is 1. The summed E-state index contributed by atoms with van der Waals surface area (Å²) in [5, 5.41) is 7.35. The number of fused-ring (bicyclic) bond motifs is 1. The van der Waals surface area contributed by atoms with Gasteiger partial charge in [-0.3, -0.25) is 14.8 Å². The van der Waals surface area contributed by atoms with Gasteiger partial charge in [-0.05, 0) is 55.8 Å². The number of rotatable bonds is 4. The van der Waals surface area contributed by atoms with Crippen LogP contribution >= 0.6 is 11.3 Å². The highest BCUT2D eigenvalue weighted by Gasteiger charge is 2.47. The molecule has 0 saturated carbocycles. The van der Waals surface area contributed by atoms with E-state index in [1.807, 2.05) is 23.1 Å². The monoisotopic (exact) mass is 422 g/mol. The molecule has 1 amide bonds. The Hall–Kier alpha value is -2.64. The first kappa shape index (κ1) is 19.3. The third-order valence-corrected chi connectivity index (χ3v) is 7.48. The number of hydrogen-bond donors (Lipinski definition) is 1. The predicted molar refractivity (Wildman–Crippen MR) is 118 cm³/mol. The Balaban J connectivity index is 1.32. The van der Waals surface area contributed by atoms with Crippen LogP contribution in [0.4, 0.5) is 0 Å². The second-order valence-electron chi connectivity index (χ2n) is 8.37. The number of amides is 1. The van der Waals surface area contributed by atoms with Gasteiger partial charge in [0.2, 0.25) is 0 Å². The van der Waals surface area contributed by atoms with E-state index in [1.165, 1.54) is 10.4 Å². The van der Waals surface area contributed by atoms with Gasteiger partial charge in [-0.1, -0.05) is 12.1 Å². The largest absolute Gasteiger partial charge is 0.497 e. The Bertz CT molecular complexity index is 1060. The van der Waals surface area contributed by atoms with E-state index in [4.69, 9.17) is 4.74 Å². The van der Waals surface area contributed by atoms with E-state index in [0.29, 0.717) is 23.6 Å². The van der Waals surface area contributed by atoms with Gasteiger partial charge in [-0.2, -0.15) is 5.10 Å². The number of aryl methyl sites for hydroxylation is 1. The van der Waals surface area contributed by atoms with Gasteiger partial charge in [0.1, 0.15) is 5.75 Å². The molecule has 2 aliphatic heterocycles. The fourth-order valence-electron chi connectivity index (χ4n) is 5.03. The number of methoxy groups -OCH3 is 1. The van der Waals surface area contributed by atoms with E-state index < -0.39 is 0 Å². The Morgan fingerprint density at radius 1 is 1.17 bits per heavy atom. The van der Waals surface area contributed by atoms with Crippen molar-refractivity contribution in [3.05, 3.63) is 58.6 Å². The molecule has 1 N–H and O–H groups in total. The maximum atomic E-state index is 13.2. The molecule has 0 unspecified atom stereocenters. The first-order valence-corrected chi connectivity index (χ1v) is 11.1. The highest BCUT2D eigenvalue weighted by Crippen LogP contribution is 2.44. The molecule has 0 bridgehead atoms. The average Bonchev–Trinajstić information content (AvgIpc) is 3.51. The molecule has 2 aromatic heterocycles. The first-order chi connectivity index (χ1) is 14.5. The molecule has 4 heterocycles. The Kier molecular flexibility index (Phi) is 4.87. The number of thiophene rings is 1. The summed E-state index contributed by atoms with van der Waals surface area (Å²) in [6.07, 6.45) is 0. The van der Waals surface area contributed by atoms with Gasteiger partial charge in [0.05, 0.1) is 17.7 Å². The summed E-state index contributed by atoms with van der Waals surface area (Å²) >= 11 is 1.70. The lowest BCUT2D eigenvalue weighted by atomic mass is 9.89. The minimum Gasteiger partial charge on any atom is -0.497 e. The zero-order chi connectivity index (χ0) is 20.8. The van der Waals surface area contributed by atoms with Crippen LogP contribution in [-0.4, -0.2) is 59.7 Å². The Labute approximate surface area is 180 Å². The van der Waals surface area contributed by atoms with Gasteiger partial charge in [0, 0.05) is 36.5 Å². The van der Waals surface area contributed by atoms with E-state index in [0.717, 1.165) is 36.0 Å². The molecule has 2 fully saturated rings. The fourth-order valence-corrected chi connectivity index (χ4v) is 5.86. The number of benzene rings is 1. The van der Waals surface area contributed by atoms with E-state index in [-0.39, 0.29) is 5.91 Å². The maximum absolute atomic E-state index is 13.2. The van der Waals surface area contributed by atoms with Crippen molar-refractivity contribution in [3.8, 4) is 16.3 Å². The average molecular weight is 423 g/mol. The van der Waals surface area contributed by atoms with Crippen LogP contribution in [-0.2, 0) is 0 Å². The van der Waals surface area contributed by atoms with Crippen LogP contribution < -0.4 is 4.74 Å². The lowest BCUT2D eigenvalue weighted by Crippen LogP contribution is -2.33. The lowest BCUT2D eigenvalue weighted by Gasteiger charge is -2.26. The first-order valence-electron chi connectivity index (χ1n) is 10.3. The normalized spacial score (nSPS) is 23.7. The number of likely N-dealkylation sites (tertiary alicyclic amines) is 2. The van der Waals surface area contributed by atoms with Crippen molar-refractivity contribution in [2.24, 2.45) is 11.8 Å². The summed E-state index contributed by atoms with van der Waals surface area (Å²) in [6.45, 7) is 4.65. The summed E-state index contributed by atoms with van der Waals surface area (Å²) in [6, 6.07) is 14.7. The molecule has 2 saturated heterocycles. The standard InChI is InChI=1S/C23H26N4O2S/c1-14-4-9-21(30-14)19-10-20(25-24-19)23(28)27-12-16-11-26(2)22(18(16)13-27)15-5-7-17(29-3)8-6-15/h4-10,16,18,22H,11-13H2,1-3H3,(H,24,25)/t16-,18+,22-/m0/s1. The second kappa shape index (κ2) is 7.56. The molecule has 7 heteroatoms. The van der Waals surface area contributed by atoms with Crippen molar-refractivity contribution in [2.75, 3.05) is 33.8 Å². The minimum atomic E-state index is 0.0244. The second-order valence-corrected chi connectivity index (χ2v) is 9.66. The molecule has 3 atom stereocenters. The lowest BCUT2D eigenvalue weighted by molar-refractivity contribution is 0.0762. The molecule has 1 aromatic carbocycles. The van der Waals surface area contributed by atoms with Crippen LogP contribution in [0.2, 0.25) is 0 Å². The molecular formula is C23H26N4O2S. The smallest absolute Gasteiger partial charge is 0.274 e. The van der Waals surface area contributed by atoms with Gasteiger partial charge in [-0.15, -0.1) is 11.3 Å². The molecule has 5 rings (SSSR count). The minimum absolute atomic E-state index is 0.0244. The number of hydrogen-bond acceptors (Lipinski definition) is 5. The Morgan fingerprint density at radius 2 is 1.97 bits per heavy atom. The van der Waals surface area contributed by atoms with Crippen LogP contribution in [0.15, 0.2) is 42.5 Å². The van der Waals surface area contributed by atoms with Crippen molar-refractivity contribution in [1.82, 2.24) is 20.0 Å². The summed E-state index contributed by atoms with van der Waals surface area (Å²) < 4.78 is 5.30. The number of carbonyl (C=O) groups is 1. The molecule has 30 heavy (non-hydrogen) atoms. The van der Waals surface area contributed by atoms with Crippen molar-refractivity contribution in [3.63, 3.8) is 0 Å². The molecule has 0 radical (unpaired) electrons. The van der Waals surface area contributed by atoms with E-state index in [1.54, 1.807) is 18.4 Å². The van der Waals surface area contributed by atoms with Gasteiger partial charge >= 0.3 is 0 Å². The molecule has 0 aliphatic carbocycles. The van der Waals surface area contributed by atoms with Crippen molar-refractivity contribution < 1.29 is 9.53 Å². The highest BCUT2D eigenvalue weighted by atomic mass is 32.1. The number of carbonyl (C=O) groups excluding carboxylic acids is 1. The number of aromatic amines is 1. The van der Waals surface area contributed by atoms with Crippen LogP contribution in [0.5, 0.6) is 5.75 Å². The molecule has 6 nitrogen and oxygen atoms in total. The third-order valence-electron chi connectivity index (χ3n) is 6.44. The van der Waals surface area contributed by atoms with Crippen LogP contribution in [0.1, 0.15) is 27.0 Å². The van der Waals surface area contributed by atoms with Crippen molar-refractivity contribution >= 4 is 17.2 Å². The SMILES string of the molecule is COc1ccc([C@H]2[C@@H]3CN(C(=O)c4cc(-c5ccc(C)s5)[nH]n4)C[C@@H]3CN2C)cc1. The van der Waals surface area contributed by atoms with Gasteiger partial charge in [0.15, 0.2) is 5.69 Å². The van der Waals surface area contributed by atoms with Crippen LogP contribution in [0.3, 0.4) is 0 Å². The summed E-state index contributed by atoms with van der Waals surface area (Å²) in [4.78, 5) is 19.9. The number of nitrogens with zero attached hydrogens (tertiary/aromatic N) is 3. The number of ether oxygens (including phenoxy) is 1. The predicted octanol–water partition coefficient (Wildman–Crippen LogP) is 3.83. The van der Waals surface area contributed by atoms with Crippen LogP contribution in [0, 0.1) is 18.8 Å². The van der Waals surface area contributed by atoms with E-state index in [2.05, 4.69) is 53.3 Å². The topological polar surface area (TPSA) is 61.5 Å². The zero-order valence-electron chi connectivity index (χ0n) is 17.5. The van der Waals surface area contributed by atoms with Gasteiger partial charge in [-0.25, -0.2) is 0 Å². The van der Waals surface area contributed by atoms with E-state index in [9.17, 15) is 4.79 Å². The summed E-state index contributed by atoms with van der Waals surface area (Å²) in [7, 11) is 3.87. The molecule has 3 aromatic rings. The van der Waals surface area contributed by atoms with Gasteiger partial charge < -0.3 is 9.64 Å².